The van der Waals surface area contributed by atoms with Gasteiger partial charge in [-0.05, 0) is 24.6 Å². The predicted molar refractivity (Wildman–Crippen MR) is 93.1 cm³/mol. The smallest absolute Gasteiger partial charge is 0.258 e. The number of nitrogens with one attached hydrogen (secondary N) is 2. The summed E-state index contributed by atoms with van der Waals surface area (Å²) in [5.41, 5.74) is 2.60. The average Bonchev–Trinajstić information content (AvgIpc) is 2.59. The highest BCUT2D eigenvalue weighted by atomic mass is 16.5. The Bertz CT molecular complexity index is 914. The molecule has 0 saturated heterocycles. The van der Waals surface area contributed by atoms with E-state index in [0.717, 1.165) is 10.9 Å². The number of benzene rings is 2. The van der Waals surface area contributed by atoms with Gasteiger partial charge in [0.25, 0.3) is 5.91 Å². The summed E-state index contributed by atoms with van der Waals surface area (Å²) in [7, 11) is 0. The fourth-order valence-electron chi connectivity index (χ4n) is 2.37. The molecule has 1 heterocycles. The van der Waals surface area contributed by atoms with Crippen LogP contribution < -0.4 is 15.6 Å². The van der Waals surface area contributed by atoms with E-state index in [-0.39, 0.29) is 18.1 Å². The monoisotopic (exact) mass is 322 g/mol. The number of ether oxygens (including phenoxy) is 1. The highest BCUT2D eigenvalue weighted by molar-refractivity contribution is 5.85. The van der Waals surface area contributed by atoms with Gasteiger partial charge in [0.2, 0.25) is 5.56 Å². The minimum absolute atomic E-state index is 0.109. The number of hydrogen-bond donors (Lipinski definition) is 2. The van der Waals surface area contributed by atoms with Gasteiger partial charge in [-0.3, -0.25) is 9.59 Å². The number of aromatic amines is 1. The van der Waals surface area contributed by atoms with Crippen molar-refractivity contribution in [1.29, 1.82) is 0 Å². The zero-order valence-corrected chi connectivity index (χ0v) is 13.3. The first kappa shape index (κ1) is 15.8. The molecule has 0 aliphatic rings. The van der Waals surface area contributed by atoms with E-state index in [0.29, 0.717) is 17.8 Å². The van der Waals surface area contributed by atoms with Crippen LogP contribution in [0.5, 0.6) is 5.75 Å². The second-order valence-corrected chi connectivity index (χ2v) is 5.59. The Kier molecular flexibility index (Phi) is 4.61. The van der Waals surface area contributed by atoms with Crippen LogP contribution in [-0.4, -0.2) is 17.5 Å². The number of fused-ring (bicyclic) bond motifs is 1. The van der Waals surface area contributed by atoms with E-state index in [9.17, 15) is 9.59 Å². The van der Waals surface area contributed by atoms with Gasteiger partial charge in [0, 0.05) is 18.0 Å². The number of H-pyrrole nitrogens is 1. The molecule has 0 unspecified atom stereocenters. The standard InChI is InChI=1S/C19H18N2O3/c1-13-5-7-14(8-6-13)11-20-18(23)12-24-16-4-2-3-15-9-10-17(22)21-19(15)16/h2-10H,11-12H2,1H3,(H,20,23)(H,21,22). The molecule has 0 saturated carbocycles. The maximum absolute atomic E-state index is 12.0. The van der Waals surface area contributed by atoms with E-state index in [1.165, 1.54) is 11.6 Å². The van der Waals surface area contributed by atoms with Gasteiger partial charge < -0.3 is 15.0 Å². The van der Waals surface area contributed by atoms with Gasteiger partial charge in [0.1, 0.15) is 5.75 Å². The van der Waals surface area contributed by atoms with Crippen LogP contribution in [0.3, 0.4) is 0 Å². The van der Waals surface area contributed by atoms with Gasteiger partial charge in [0.05, 0.1) is 5.52 Å². The van der Waals surface area contributed by atoms with Crippen LogP contribution in [0, 0.1) is 6.92 Å². The number of amides is 1. The predicted octanol–water partition coefficient (Wildman–Crippen LogP) is 2.53. The van der Waals surface area contributed by atoms with Crippen molar-refractivity contribution >= 4 is 16.8 Å². The average molecular weight is 322 g/mol. The summed E-state index contributed by atoms with van der Waals surface area (Å²) in [6, 6.07) is 16.6. The Morgan fingerprint density at radius 3 is 2.67 bits per heavy atom. The second-order valence-electron chi connectivity index (χ2n) is 5.59. The number of hydrogen-bond acceptors (Lipinski definition) is 3. The quantitative estimate of drug-likeness (QED) is 0.758. The molecule has 0 aliphatic carbocycles. The Labute approximate surface area is 139 Å². The Morgan fingerprint density at radius 2 is 1.88 bits per heavy atom. The SMILES string of the molecule is Cc1ccc(CNC(=O)COc2cccc3ccc(=O)[nH]c23)cc1. The van der Waals surface area contributed by atoms with Crippen molar-refractivity contribution in [2.75, 3.05) is 6.61 Å². The molecular formula is C19H18N2O3. The lowest BCUT2D eigenvalue weighted by atomic mass is 10.1. The lowest BCUT2D eigenvalue weighted by molar-refractivity contribution is -0.123. The lowest BCUT2D eigenvalue weighted by Crippen LogP contribution is -2.28. The van der Waals surface area contributed by atoms with Gasteiger partial charge in [-0.15, -0.1) is 0 Å². The third kappa shape index (κ3) is 3.81. The molecule has 1 amide bonds. The molecule has 5 nitrogen and oxygen atoms in total. The van der Waals surface area contributed by atoms with E-state index >= 15 is 0 Å². The fourth-order valence-corrected chi connectivity index (χ4v) is 2.37. The van der Waals surface area contributed by atoms with Crippen LogP contribution in [-0.2, 0) is 11.3 Å². The molecule has 0 fully saturated rings. The van der Waals surface area contributed by atoms with Gasteiger partial charge in [-0.2, -0.15) is 0 Å². The zero-order chi connectivity index (χ0) is 16.9. The van der Waals surface area contributed by atoms with E-state index in [4.69, 9.17) is 4.74 Å². The Hall–Kier alpha value is -3.08. The van der Waals surface area contributed by atoms with Gasteiger partial charge in [-0.1, -0.05) is 42.0 Å². The molecule has 0 bridgehead atoms. The fraction of sp³-hybridized carbons (Fsp3) is 0.158. The number of carbonyl (C=O) groups is 1. The molecule has 0 radical (unpaired) electrons. The molecule has 3 rings (SSSR count). The van der Waals surface area contributed by atoms with Crippen LogP contribution in [0.4, 0.5) is 0 Å². The normalized spacial score (nSPS) is 10.5. The largest absolute Gasteiger partial charge is 0.482 e. The molecule has 0 aliphatic heterocycles. The van der Waals surface area contributed by atoms with Crippen LogP contribution >= 0.6 is 0 Å². The Balaban J connectivity index is 1.61. The summed E-state index contributed by atoms with van der Waals surface area (Å²) >= 11 is 0. The van der Waals surface area contributed by atoms with Crippen LogP contribution in [0.15, 0.2) is 59.4 Å². The highest BCUT2D eigenvalue weighted by Gasteiger charge is 2.06. The topological polar surface area (TPSA) is 71.2 Å². The van der Waals surface area contributed by atoms with Crippen molar-refractivity contribution in [1.82, 2.24) is 10.3 Å². The summed E-state index contributed by atoms with van der Waals surface area (Å²) in [6.45, 7) is 2.36. The summed E-state index contributed by atoms with van der Waals surface area (Å²) in [6.07, 6.45) is 0. The molecule has 3 aromatic rings. The van der Waals surface area contributed by atoms with Gasteiger partial charge in [0.15, 0.2) is 6.61 Å². The van der Waals surface area contributed by atoms with Gasteiger partial charge >= 0.3 is 0 Å². The lowest BCUT2D eigenvalue weighted by Gasteiger charge is -2.09. The third-order valence-electron chi connectivity index (χ3n) is 3.69. The Morgan fingerprint density at radius 1 is 1.08 bits per heavy atom. The molecule has 2 N–H and O–H groups in total. The van der Waals surface area contributed by atoms with Crippen LogP contribution in [0.1, 0.15) is 11.1 Å². The van der Waals surface area contributed by atoms with E-state index in [1.54, 1.807) is 12.1 Å². The highest BCUT2D eigenvalue weighted by Crippen LogP contribution is 2.21. The molecule has 5 heteroatoms. The van der Waals surface area contributed by atoms with E-state index in [2.05, 4.69) is 10.3 Å². The van der Waals surface area contributed by atoms with E-state index < -0.39 is 0 Å². The first-order chi connectivity index (χ1) is 11.6. The van der Waals surface area contributed by atoms with Crippen molar-refractivity contribution in [2.24, 2.45) is 0 Å². The van der Waals surface area contributed by atoms with Crippen LogP contribution in [0.2, 0.25) is 0 Å². The number of para-hydroxylation sites is 1. The summed E-state index contributed by atoms with van der Waals surface area (Å²) in [5.74, 6) is 0.265. The van der Waals surface area contributed by atoms with Crippen molar-refractivity contribution in [3.05, 3.63) is 76.1 Å². The summed E-state index contributed by atoms with van der Waals surface area (Å²) in [5, 5.41) is 3.67. The van der Waals surface area contributed by atoms with Crippen molar-refractivity contribution in [3.8, 4) is 5.75 Å². The molecule has 1 aromatic heterocycles. The van der Waals surface area contributed by atoms with Crippen molar-refractivity contribution < 1.29 is 9.53 Å². The first-order valence-electron chi connectivity index (χ1n) is 7.69. The number of aryl methyl sites for hydroxylation is 1. The minimum Gasteiger partial charge on any atom is -0.482 e. The van der Waals surface area contributed by atoms with Crippen molar-refractivity contribution in [2.45, 2.75) is 13.5 Å². The zero-order valence-electron chi connectivity index (χ0n) is 13.3. The van der Waals surface area contributed by atoms with Crippen molar-refractivity contribution in [3.63, 3.8) is 0 Å². The molecule has 2 aromatic carbocycles. The summed E-state index contributed by atoms with van der Waals surface area (Å²) in [4.78, 5) is 26.2. The molecule has 24 heavy (non-hydrogen) atoms. The molecular weight excluding hydrogens is 304 g/mol. The molecule has 122 valence electrons. The third-order valence-corrected chi connectivity index (χ3v) is 3.69. The summed E-state index contributed by atoms with van der Waals surface area (Å²) < 4.78 is 5.56. The second kappa shape index (κ2) is 7.00. The molecule has 0 atom stereocenters. The number of aromatic nitrogens is 1. The first-order valence-corrected chi connectivity index (χ1v) is 7.69. The van der Waals surface area contributed by atoms with Crippen LogP contribution in [0.25, 0.3) is 10.9 Å². The maximum atomic E-state index is 12.0. The maximum Gasteiger partial charge on any atom is 0.258 e. The van der Waals surface area contributed by atoms with E-state index in [1.807, 2.05) is 43.3 Å². The van der Waals surface area contributed by atoms with Gasteiger partial charge in [-0.25, -0.2) is 0 Å². The number of pyridine rings is 1. The number of carbonyl (C=O) groups excluding carboxylic acids is 1. The minimum atomic E-state index is -0.217. The molecule has 0 spiro atoms. The number of rotatable bonds is 5.